The second-order valence-corrected chi connectivity index (χ2v) is 7.70. The van der Waals surface area contributed by atoms with Gasteiger partial charge >= 0.3 is 0 Å². The highest BCUT2D eigenvalue weighted by Gasteiger charge is 2.24. The van der Waals surface area contributed by atoms with Gasteiger partial charge in [-0.05, 0) is 22.3 Å². The van der Waals surface area contributed by atoms with Crippen LogP contribution in [0, 0.1) is 5.41 Å². The number of nitrogens with two attached hydrogens (primary N) is 1. The van der Waals surface area contributed by atoms with Gasteiger partial charge in [-0.3, -0.25) is 15.1 Å². The summed E-state index contributed by atoms with van der Waals surface area (Å²) in [5.41, 5.74) is 10.9. The van der Waals surface area contributed by atoms with Crippen molar-refractivity contribution in [3.8, 4) is 11.1 Å². The summed E-state index contributed by atoms with van der Waals surface area (Å²) < 4.78 is 0. The molecule has 1 fully saturated rings. The topological polar surface area (TPSA) is 73.4 Å². The molecular formula is C25H26N4O. The van der Waals surface area contributed by atoms with Crippen molar-refractivity contribution in [2.75, 3.05) is 19.6 Å². The lowest BCUT2D eigenvalue weighted by Gasteiger charge is -2.34. The maximum absolute atomic E-state index is 12.6. The summed E-state index contributed by atoms with van der Waals surface area (Å²) in [6.45, 7) is 3.39. The van der Waals surface area contributed by atoms with Crippen molar-refractivity contribution in [2.45, 2.75) is 13.1 Å². The highest BCUT2D eigenvalue weighted by molar-refractivity contribution is 5.94. The van der Waals surface area contributed by atoms with Crippen LogP contribution in [0.3, 0.4) is 0 Å². The van der Waals surface area contributed by atoms with E-state index in [1.807, 2.05) is 47.4 Å². The molecule has 4 rings (SSSR count). The van der Waals surface area contributed by atoms with E-state index in [4.69, 9.17) is 11.1 Å². The minimum Gasteiger partial charge on any atom is -0.384 e. The lowest BCUT2D eigenvalue weighted by molar-refractivity contribution is -0.136. The molecule has 5 heteroatoms. The van der Waals surface area contributed by atoms with E-state index in [9.17, 15) is 4.79 Å². The summed E-state index contributed by atoms with van der Waals surface area (Å²) in [4.78, 5) is 16.7. The number of hydrogen-bond acceptors (Lipinski definition) is 3. The molecule has 0 spiro atoms. The molecule has 3 N–H and O–H groups in total. The lowest BCUT2D eigenvalue weighted by atomic mass is 10.0. The van der Waals surface area contributed by atoms with Crippen LogP contribution < -0.4 is 5.73 Å². The van der Waals surface area contributed by atoms with Gasteiger partial charge in [0.2, 0.25) is 5.91 Å². The Morgan fingerprint density at radius 2 is 1.40 bits per heavy atom. The SMILES string of the molecule is N=C(N)c1ccc(CN2CCN(Cc3ccc(-c4ccccc4)cc3)CC2=O)cc1. The molecule has 30 heavy (non-hydrogen) atoms. The molecule has 1 saturated heterocycles. The smallest absolute Gasteiger partial charge is 0.237 e. The number of piperazine rings is 1. The second-order valence-electron chi connectivity index (χ2n) is 7.70. The predicted octanol–water partition coefficient (Wildman–Crippen LogP) is 3.48. The molecule has 5 nitrogen and oxygen atoms in total. The van der Waals surface area contributed by atoms with Gasteiger partial charge < -0.3 is 10.6 Å². The average molecular weight is 399 g/mol. The first-order chi connectivity index (χ1) is 14.6. The number of amidine groups is 1. The Balaban J connectivity index is 1.32. The van der Waals surface area contributed by atoms with E-state index in [1.165, 1.54) is 16.7 Å². The van der Waals surface area contributed by atoms with Crippen molar-refractivity contribution < 1.29 is 4.79 Å². The maximum Gasteiger partial charge on any atom is 0.237 e. The molecule has 1 aliphatic heterocycles. The van der Waals surface area contributed by atoms with Gasteiger partial charge in [-0.1, -0.05) is 78.9 Å². The fourth-order valence-electron chi connectivity index (χ4n) is 3.76. The highest BCUT2D eigenvalue weighted by Crippen LogP contribution is 2.20. The maximum atomic E-state index is 12.6. The number of hydrogen-bond donors (Lipinski definition) is 2. The molecule has 0 bridgehead atoms. The molecule has 152 valence electrons. The zero-order valence-electron chi connectivity index (χ0n) is 16.9. The zero-order chi connectivity index (χ0) is 20.9. The normalized spacial score (nSPS) is 14.7. The molecule has 0 aromatic heterocycles. The third kappa shape index (κ3) is 4.75. The van der Waals surface area contributed by atoms with E-state index in [-0.39, 0.29) is 11.7 Å². The summed E-state index contributed by atoms with van der Waals surface area (Å²) in [7, 11) is 0. The van der Waals surface area contributed by atoms with Crippen molar-refractivity contribution in [1.29, 1.82) is 5.41 Å². The first-order valence-electron chi connectivity index (χ1n) is 10.2. The summed E-state index contributed by atoms with van der Waals surface area (Å²) in [6, 6.07) is 26.5. The Bertz CT molecular complexity index is 1010. The number of carbonyl (C=O) groups excluding carboxylic acids is 1. The van der Waals surface area contributed by atoms with Crippen LogP contribution in [0.2, 0.25) is 0 Å². The molecule has 3 aromatic rings. The van der Waals surface area contributed by atoms with Gasteiger partial charge in [-0.15, -0.1) is 0 Å². The van der Waals surface area contributed by atoms with Crippen LogP contribution in [0.1, 0.15) is 16.7 Å². The van der Waals surface area contributed by atoms with Gasteiger partial charge in [-0.25, -0.2) is 0 Å². The molecule has 0 unspecified atom stereocenters. The fourth-order valence-corrected chi connectivity index (χ4v) is 3.76. The number of rotatable bonds is 6. The average Bonchev–Trinajstić information content (AvgIpc) is 2.77. The van der Waals surface area contributed by atoms with E-state index in [0.29, 0.717) is 18.7 Å². The van der Waals surface area contributed by atoms with Crippen LogP contribution in [-0.2, 0) is 17.9 Å². The minimum absolute atomic E-state index is 0.0584. The first kappa shape index (κ1) is 19.9. The summed E-state index contributed by atoms with van der Waals surface area (Å²) in [6.07, 6.45) is 0. The van der Waals surface area contributed by atoms with Crippen LogP contribution in [-0.4, -0.2) is 41.2 Å². The van der Waals surface area contributed by atoms with Gasteiger partial charge in [0, 0.05) is 31.7 Å². The van der Waals surface area contributed by atoms with Gasteiger partial charge in [0.15, 0.2) is 0 Å². The van der Waals surface area contributed by atoms with E-state index in [0.717, 1.165) is 25.2 Å². The Kier molecular flexibility index (Phi) is 5.91. The molecule has 1 aliphatic rings. The van der Waals surface area contributed by atoms with Gasteiger partial charge in [0.05, 0.1) is 6.54 Å². The molecule has 1 amide bonds. The molecule has 0 saturated carbocycles. The van der Waals surface area contributed by atoms with Crippen molar-refractivity contribution in [3.05, 3.63) is 95.6 Å². The Morgan fingerprint density at radius 1 is 0.800 bits per heavy atom. The van der Waals surface area contributed by atoms with Crippen LogP contribution in [0.5, 0.6) is 0 Å². The summed E-state index contributed by atoms with van der Waals surface area (Å²) in [5, 5.41) is 7.47. The largest absolute Gasteiger partial charge is 0.384 e. The summed E-state index contributed by atoms with van der Waals surface area (Å²) >= 11 is 0. The number of benzene rings is 3. The number of nitrogen functional groups attached to an aromatic ring is 1. The third-order valence-corrected chi connectivity index (χ3v) is 5.50. The van der Waals surface area contributed by atoms with E-state index >= 15 is 0 Å². The van der Waals surface area contributed by atoms with E-state index in [1.54, 1.807) is 0 Å². The van der Waals surface area contributed by atoms with Crippen molar-refractivity contribution in [1.82, 2.24) is 9.80 Å². The van der Waals surface area contributed by atoms with Gasteiger partial charge in [-0.2, -0.15) is 0 Å². The third-order valence-electron chi connectivity index (χ3n) is 5.50. The number of nitrogens with zero attached hydrogens (tertiary/aromatic N) is 2. The molecular weight excluding hydrogens is 372 g/mol. The molecule has 1 heterocycles. The van der Waals surface area contributed by atoms with Crippen LogP contribution >= 0.6 is 0 Å². The lowest BCUT2D eigenvalue weighted by Crippen LogP contribution is -2.49. The van der Waals surface area contributed by atoms with Gasteiger partial charge in [0.1, 0.15) is 5.84 Å². The molecule has 3 aromatic carbocycles. The first-order valence-corrected chi connectivity index (χ1v) is 10.2. The molecule has 0 radical (unpaired) electrons. The predicted molar refractivity (Wildman–Crippen MR) is 120 cm³/mol. The fraction of sp³-hybridized carbons (Fsp3) is 0.200. The van der Waals surface area contributed by atoms with Crippen LogP contribution in [0.4, 0.5) is 0 Å². The van der Waals surface area contributed by atoms with Gasteiger partial charge in [0.25, 0.3) is 0 Å². The Labute approximate surface area is 177 Å². The quantitative estimate of drug-likeness (QED) is 0.493. The number of nitrogens with one attached hydrogen (secondary N) is 1. The van der Waals surface area contributed by atoms with E-state index in [2.05, 4.69) is 41.3 Å². The minimum atomic E-state index is 0.0584. The van der Waals surface area contributed by atoms with Crippen molar-refractivity contribution in [3.63, 3.8) is 0 Å². The Morgan fingerprint density at radius 3 is 2.03 bits per heavy atom. The number of carbonyl (C=O) groups is 1. The summed E-state index contributed by atoms with van der Waals surface area (Å²) in [5.74, 6) is 0.209. The Hall–Kier alpha value is -3.44. The zero-order valence-corrected chi connectivity index (χ0v) is 16.9. The second kappa shape index (κ2) is 8.93. The number of amides is 1. The standard InChI is InChI=1S/C25H26N4O/c26-25(27)23-12-8-20(9-13-23)17-29-15-14-28(18-24(29)30)16-19-6-10-22(11-7-19)21-4-2-1-3-5-21/h1-13H,14-18H2,(H3,26,27). The molecule has 0 aliphatic carbocycles. The van der Waals surface area contributed by atoms with Crippen LogP contribution in [0.25, 0.3) is 11.1 Å². The van der Waals surface area contributed by atoms with Crippen molar-refractivity contribution in [2.24, 2.45) is 5.73 Å². The van der Waals surface area contributed by atoms with Crippen LogP contribution in [0.15, 0.2) is 78.9 Å². The van der Waals surface area contributed by atoms with Crippen molar-refractivity contribution >= 4 is 11.7 Å². The molecule has 0 atom stereocenters. The van der Waals surface area contributed by atoms with E-state index < -0.39 is 0 Å². The highest BCUT2D eigenvalue weighted by atomic mass is 16.2. The monoisotopic (exact) mass is 398 g/mol.